The molecule has 2 nitrogen and oxygen atoms in total. The normalized spacial score (nSPS) is 23.2. The molecule has 68 valence electrons. The third-order valence-electron chi connectivity index (χ3n) is 1.60. The number of rotatable bonds is 5. The van der Waals surface area contributed by atoms with Crippen molar-refractivity contribution in [3.63, 3.8) is 0 Å². The van der Waals surface area contributed by atoms with Crippen molar-refractivity contribution in [2.45, 2.75) is 26.4 Å². The molecule has 0 aromatic heterocycles. The van der Waals surface area contributed by atoms with Crippen LogP contribution in [0.1, 0.15) is 20.3 Å². The van der Waals surface area contributed by atoms with Crippen molar-refractivity contribution >= 4 is 0 Å². The first-order chi connectivity index (χ1) is 5.83. The zero-order chi connectivity index (χ0) is 8.81. The van der Waals surface area contributed by atoms with Crippen LogP contribution in [-0.4, -0.2) is 19.3 Å². The van der Waals surface area contributed by atoms with E-state index in [1.807, 2.05) is 19.1 Å². The summed E-state index contributed by atoms with van der Waals surface area (Å²) < 4.78 is 10.4. The second kappa shape index (κ2) is 4.99. The Bertz CT molecular complexity index is 178. The molecular formula is C10H16O2. The molecule has 1 heterocycles. The van der Waals surface area contributed by atoms with E-state index in [2.05, 4.69) is 13.0 Å². The van der Waals surface area contributed by atoms with Gasteiger partial charge in [-0.2, -0.15) is 0 Å². The second-order valence-electron chi connectivity index (χ2n) is 2.88. The van der Waals surface area contributed by atoms with Crippen molar-refractivity contribution in [3.05, 3.63) is 24.0 Å². The Labute approximate surface area is 73.9 Å². The minimum Gasteiger partial charge on any atom is -0.495 e. The summed E-state index contributed by atoms with van der Waals surface area (Å²) in [5, 5.41) is 0. The highest BCUT2D eigenvalue weighted by Gasteiger charge is 2.22. The van der Waals surface area contributed by atoms with Gasteiger partial charge in [-0.05, 0) is 19.4 Å². The summed E-state index contributed by atoms with van der Waals surface area (Å²) in [6.45, 7) is 5.63. The molecule has 1 fully saturated rings. The third kappa shape index (κ3) is 4.19. The van der Waals surface area contributed by atoms with Crippen LogP contribution in [0.15, 0.2) is 24.0 Å². The van der Waals surface area contributed by atoms with Gasteiger partial charge in [0.1, 0.15) is 12.7 Å². The van der Waals surface area contributed by atoms with Crippen molar-refractivity contribution in [2.24, 2.45) is 0 Å². The zero-order valence-corrected chi connectivity index (χ0v) is 7.75. The molecule has 0 aromatic carbocycles. The van der Waals surface area contributed by atoms with E-state index in [4.69, 9.17) is 9.47 Å². The number of hydrogen-bond acceptors (Lipinski definition) is 2. The smallest absolute Gasteiger partial charge is 0.116 e. The van der Waals surface area contributed by atoms with Crippen LogP contribution in [0.3, 0.4) is 0 Å². The molecule has 0 aromatic rings. The summed E-state index contributed by atoms with van der Waals surface area (Å²) in [6, 6.07) is 0. The lowest BCUT2D eigenvalue weighted by molar-refractivity contribution is 0.185. The summed E-state index contributed by atoms with van der Waals surface area (Å²) in [7, 11) is 0. The van der Waals surface area contributed by atoms with Crippen LogP contribution in [0.2, 0.25) is 0 Å². The van der Waals surface area contributed by atoms with Crippen LogP contribution in [0.5, 0.6) is 0 Å². The molecule has 0 radical (unpaired) electrons. The molecule has 1 aliphatic rings. The zero-order valence-electron chi connectivity index (χ0n) is 7.75. The van der Waals surface area contributed by atoms with Crippen molar-refractivity contribution in [1.82, 2.24) is 0 Å². The Kier molecular flexibility index (Phi) is 3.88. The SMILES string of the molecule is CC/C=C\C=C(/C)OCC1CO1. The summed E-state index contributed by atoms with van der Waals surface area (Å²) >= 11 is 0. The van der Waals surface area contributed by atoms with Crippen LogP contribution < -0.4 is 0 Å². The molecule has 0 bridgehead atoms. The van der Waals surface area contributed by atoms with E-state index in [0.717, 1.165) is 18.8 Å². The van der Waals surface area contributed by atoms with Gasteiger partial charge in [0, 0.05) is 0 Å². The summed E-state index contributed by atoms with van der Waals surface area (Å²) in [6.07, 6.45) is 7.51. The molecule has 1 unspecified atom stereocenters. The van der Waals surface area contributed by atoms with Gasteiger partial charge >= 0.3 is 0 Å². The van der Waals surface area contributed by atoms with Crippen LogP contribution in [-0.2, 0) is 9.47 Å². The first-order valence-corrected chi connectivity index (χ1v) is 4.40. The van der Waals surface area contributed by atoms with E-state index >= 15 is 0 Å². The predicted octanol–water partition coefficient (Wildman–Crippen LogP) is 2.27. The molecule has 0 aliphatic carbocycles. The van der Waals surface area contributed by atoms with Gasteiger partial charge < -0.3 is 9.47 Å². The summed E-state index contributed by atoms with van der Waals surface area (Å²) in [4.78, 5) is 0. The molecule has 0 spiro atoms. The van der Waals surface area contributed by atoms with Crippen molar-refractivity contribution < 1.29 is 9.47 Å². The number of epoxide rings is 1. The van der Waals surface area contributed by atoms with Gasteiger partial charge in [-0.1, -0.05) is 19.1 Å². The van der Waals surface area contributed by atoms with Crippen LogP contribution in [0.4, 0.5) is 0 Å². The van der Waals surface area contributed by atoms with Crippen LogP contribution in [0.25, 0.3) is 0 Å². The largest absolute Gasteiger partial charge is 0.495 e. The molecular weight excluding hydrogens is 152 g/mol. The minimum absolute atomic E-state index is 0.350. The standard InChI is InChI=1S/C10H16O2/c1-3-4-5-6-9(2)11-7-10-8-12-10/h4-6,10H,3,7-8H2,1-2H3/b5-4-,9-6+. The molecule has 0 saturated carbocycles. The van der Waals surface area contributed by atoms with Gasteiger partial charge in [0.2, 0.25) is 0 Å². The van der Waals surface area contributed by atoms with Gasteiger partial charge in [-0.15, -0.1) is 0 Å². The average molecular weight is 168 g/mol. The first-order valence-electron chi connectivity index (χ1n) is 4.40. The fraction of sp³-hybridized carbons (Fsp3) is 0.600. The Morgan fingerprint density at radius 3 is 3.00 bits per heavy atom. The lowest BCUT2D eigenvalue weighted by Crippen LogP contribution is -1.98. The maximum Gasteiger partial charge on any atom is 0.116 e. The van der Waals surface area contributed by atoms with Gasteiger partial charge in [-0.3, -0.25) is 0 Å². The van der Waals surface area contributed by atoms with Crippen LogP contribution in [0, 0.1) is 0 Å². The van der Waals surface area contributed by atoms with Crippen molar-refractivity contribution in [2.75, 3.05) is 13.2 Å². The van der Waals surface area contributed by atoms with E-state index in [-0.39, 0.29) is 0 Å². The van der Waals surface area contributed by atoms with E-state index in [1.165, 1.54) is 0 Å². The lowest BCUT2D eigenvalue weighted by Gasteiger charge is -2.01. The lowest BCUT2D eigenvalue weighted by atomic mass is 10.4. The summed E-state index contributed by atoms with van der Waals surface area (Å²) in [5.74, 6) is 0.954. The molecule has 1 aliphatic heterocycles. The van der Waals surface area contributed by atoms with E-state index in [1.54, 1.807) is 0 Å². The quantitative estimate of drug-likeness (QED) is 0.357. The van der Waals surface area contributed by atoms with E-state index < -0.39 is 0 Å². The Morgan fingerprint density at radius 1 is 1.67 bits per heavy atom. The van der Waals surface area contributed by atoms with Crippen molar-refractivity contribution in [3.8, 4) is 0 Å². The highest BCUT2D eigenvalue weighted by molar-refractivity contribution is 5.05. The number of ether oxygens (including phenoxy) is 2. The minimum atomic E-state index is 0.350. The number of hydrogen-bond donors (Lipinski definition) is 0. The first kappa shape index (κ1) is 9.33. The topological polar surface area (TPSA) is 21.8 Å². The highest BCUT2D eigenvalue weighted by Crippen LogP contribution is 2.10. The summed E-state index contributed by atoms with van der Waals surface area (Å²) in [5.41, 5.74) is 0. The van der Waals surface area contributed by atoms with Gasteiger partial charge in [0.15, 0.2) is 0 Å². The average Bonchev–Trinajstić information content (AvgIpc) is 2.84. The maximum atomic E-state index is 5.40. The Hall–Kier alpha value is -0.760. The molecule has 2 heteroatoms. The Morgan fingerprint density at radius 2 is 2.42 bits per heavy atom. The van der Waals surface area contributed by atoms with E-state index in [0.29, 0.717) is 12.7 Å². The second-order valence-corrected chi connectivity index (χ2v) is 2.88. The highest BCUT2D eigenvalue weighted by atomic mass is 16.6. The van der Waals surface area contributed by atoms with Crippen molar-refractivity contribution in [1.29, 1.82) is 0 Å². The predicted molar refractivity (Wildman–Crippen MR) is 48.9 cm³/mol. The van der Waals surface area contributed by atoms with Crippen LogP contribution >= 0.6 is 0 Å². The maximum absolute atomic E-state index is 5.40. The van der Waals surface area contributed by atoms with Gasteiger partial charge in [0.25, 0.3) is 0 Å². The number of allylic oxidation sites excluding steroid dienone is 4. The fourth-order valence-electron chi connectivity index (χ4n) is 0.776. The van der Waals surface area contributed by atoms with E-state index in [9.17, 15) is 0 Å². The molecule has 1 rings (SSSR count). The van der Waals surface area contributed by atoms with Gasteiger partial charge in [0.05, 0.1) is 12.4 Å². The molecule has 0 N–H and O–H groups in total. The monoisotopic (exact) mass is 168 g/mol. The van der Waals surface area contributed by atoms with Gasteiger partial charge in [-0.25, -0.2) is 0 Å². The molecule has 12 heavy (non-hydrogen) atoms. The molecule has 1 saturated heterocycles. The molecule has 0 amide bonds. The fourth-order valence-corrected chi connectivity index (χ4v) is 0.776. The Balaban J connectivity index is 2.11. The third-order valence-corrected chi connectivity index (χ3v) is 1.60. The molecule has 1 atom stereocenters.